The smallest absolute Gasteiger partial charge is 0.341 e. The number of benzene rings is 1. The number of aliphatic hydroxyl groups excluding tert-OH is 1. The van der Waals surface area contributed by atoms with Crippen molar-refractivity contribution in [2.24, 2.45) is 4.99 Å². The maximum absolute atomic E-state index is 14.0. The van der Waals surface area contributed by atoms with Crippen LogP contribution < -0.4 is 21.6 Å². The molecule has 278 valence electrons. The van der Waals surface area contributed by atoms with Gasteiger partial charge >= 0.3 is 5.97 Å². The standard InChI is InChI=1S/C40H40N6O8/c1-19-10-27(48)33-28(51-19)15-29-35(36(33)49)34-26(47)6-8-40(38(50)52-37(34)39(2,3)53-29)30(54-40)5-4-20-11-24(45-31(41)12-20)22-13-23(44-32(42)14-22)17-46-16-21-7-9-43-25(21)18-46/h7,9-15,18,26,30,34,37,47,49H,4-6,8,16-17H2,1-3H3,(H2,41,45)(H2,42,44)/t26-,30-,34-,37-,40+/m1/s1. The van der Waals surface area contributed by atoms with E-state index < -0.39 is 46.8 Å². The van der Waals surface area contributed by atoms with Crippen LogP contribution in [0.3, 0.4) is 0 Å². The summed E-state index contributed by atoms with van der Waals surface area (Å²) in [7, 11) is 0. The number of phenols is 1. The molecule has 3 aromatic heterocycles. The molecule has 6 N–H and O–H groups in total. The van der Waals surface area contributed by atoms with Gasteiger partial charge in [0.05, 0.1) is 41.8 Å². The van der Waals surface area contributed by atoms with Crippen LogP contribution in [0.2, 0.25) is 0 Å². The number of phenolic OH excluding ortho intramolecular Hbond substituents is 1. The number of nitrogens with two attached hydrogens (primary N) is 2. The number of anilines is 2. The SMILES string of the molecule is Cc1cc(=O)c2c(O)c3c(cc2o1)OC(C)(C)[C@@H]1OC(=O)[C@@]2(CC[C@@H](O)[C@H]31)O[C@@H]2CCc1cc(N)nc(-c2cc(N)nc(CN3C=C4N=CC=C4C3)c2)c1. The van der Waals surface area contributed by atoms with E-state index >= 15 is 0 Å². The lowest BCUT2D eigenvalue weighted by atomic mass is 9.74. The normalized spacial score (nSPS) is 26.3. The van der Waals surface area contributed by atoms with E-state index in [1.807, 2.05) is 24.4 Å². The lowest BCUT2D eigenvalue weighted by molar-refractivity contribution is -0.179. The van der Waals surface area contributed by atoms with E-state index in [1.165, 1.54) is 11.6 Å². The molecule has 0 radical (unpaired) electrons. The summed E-state index contributed by atoms with van der Waals surface area (Å²) < 4.78 is 24.3. The van der Waals surface area contributed by atoms with Gasteiger partial charge in [0.1, 0.15) is 45.5 Å². The highest BCUT2D eigenvalue weighted by molar-refractivity contribution is 5.88. The maximum atomic E-state index is 14.0. The number of allylic oxidation sites excluding steroid dienone is 1. The molecule has 8 heterocycles. The highest BCUT2D eigenvalue weighted by Gasteiger charge is 2.66. The van der Waals surface area contributed by atoms with E-state index in [9.17, 15) is 19.8 Å². The summed E-state index contributed by atoms with van der Waals surface area (Å²) in [6, 6.07) is 10.3. The summed E-state index contributed by atoms with van der Waals surface area (Å²) in [5.41, 5.74) is 15.4. The first-order chi connectivity index (χ1) is 25.8. The van der Waals surface area contributed by atoms with Crippen molar-refractivity contribution in [1.82, 2.24) is 14.9 Å². The number of fused-ring (bicyclic) bond motifs is 5. The molecule has 1 spiro atoms. The van der Waals surface area contributed by atoms with Crippen LogP contribution in [-0.4, -0.2) is 73.3 Å². The van der Waals surface area contributed by atoms with Crippen LogP contribution in [0.15, 0.2) is 74.1 Å². The molecule has 2 fully saturated rings. The summed E-state index contributed by atoms with van der Waals surface area (Å²) in [4.78, 5) is 42.6. The monoisotopic (exact) mass is 732 g/mol. The Bertz CT molecular complexity index is 2420. The molecule has 0 aliphatic carbocycles. The zero-order valence-corrected chi connectivity index (χ0v) is 30.0. The lowest BCUT2D eigenvalue weighted by Crippen LogP contribution is -2.56. The van der Waals surface area contributed by atoms with Gasteiger partial charge in [0.15, 0.2) is 17.1 Å². The highest BCUT2D eigenvalue weighted by Crippen LogP contribution is 2.54. The van der Waals surface area contributed by atoms with E-state index in [0.717, 1.165) is 29.1 Å². The van der Waals surface area contributed by atoms with Crippen LogP contribution in [0.25, 0.3) is 22.2 Å². The molecular weight excluding hydrogens is 692 g/mol. The van der Waals surface area contributed by atoms with Gasteiger partial charge < -0.3 is 45.2 Å². The molecule has 2 saturated heterocycles. The number of epoxide rings is 1. The van der Waals surface area contributed by atoms with E-state index in [1.54, 1.807) is 45.2 Å². The van der Waals surface area contributed by atoms with Gasteiger partial charge in [0, 0.05) is 47.8 Å². The fraction of sp³-hybridized carbons (Fsp3) is 0.375. The number of aryl methyl sites for hydroxylation is 2. The third-order valence-electron chi connectivity index (χ3n) is 11.1. The number of rotatable bonds is 6. The first-order valence-electron chi connectivity index (χ1n) is 18.1. The zero-order valence-electron chi connectivity index (χ0n) is 30.0. The predicted octanol–water partition coefficient (Wildman–Crippen LogP) is 4.19. The zero-order chi connectivity index (χ0) is 37.7. The molecule has 9 rings (SSSR count). The van der Waals surface area contributed by atoms with Crippen molar-refractivity contribution in [1.29, 1.82) is 0 Å². The summed E-state index contributed by atoms with van der Waals surface area (Å²) >= 11 is 0. The van der Waals surface area contributed by atoms with Gasteiger partial charge in [-0.1, -0.05) is 0 Å². The third kappa shape index (κ3) is 5.67. The van der Waals surface area contributed by atoms with Crippen molar-refractivity contribution >= 4 is 34.8 Å². The number of nitrogens with zero attached hydrogens (tertiary/aromatic N) is 4. The molecule has 5 aliphatic rings. The maximum Gasteiger partial charge on any atom is 0.341 e. The molecule has 54 heavy (non-hydrogen) atoms. The molecule has 5 atom stereocenters. The number of aromatic hydroxyl groups is 1. The van der Waals surface area contributed by atoms with Crippen LogP contribution in [0.5, 0.6) is 11.5 Å². The number of hydrogen-bond donors (Lipinski definition) is 4. The fourth-order valence-corrected chi connectivity index (χ4v) is 8.54. The number of pyridine rings is 2. The topological polar surface area (TPSA) is 212 Å². The first kappa shape index (κ1) is 34.1. The molecule has 0 amide bonds. The number of ether oxygens (including phenoxy) is 3. The fourth-order valence-electron chi connectivity index (χ4n) is 8.54. The minimum absolute atomic E-state index is 0.0210. The van der Waals surface area contributed by atoms with Crippen molar-refractivity contribution in [3.63, 3.8) is 0 Å². The quantitative estimate of drug-likeness (QED) is 0.162. The Kier molecular flexibility index (Phi) is 7.66. The van der Waals surface area contributed by atoms with E-state index in [0.29, 0.717) is 42.5 Å². The predicted molar refractivity (Wildman–Crippen MR) is 199 cm³/mol. The van der Waals surface area contributed by atoms with Gasteiger partial charge in [-0.3, -0.25) is 9.79 Å². The number of aliphatic imine (C=N–C) groups is 1. The Morgan fingerprint density at radius 3 is 2.69 bits per heavy atom. The summed E-state index contributed by atoms with van der Waals surface area (Å²) in [5, 5.41) is 23.1. The van der Waals surface area contributed by atoms with E-state index in [2.05, 4.69) is 19.9 Å². The van der Waals surface area contributed by atoms with Gasteiger partial charge in [0.25, 0.3) is 0 Å². The van der Waals surface area contributed by atoms with Crippen molar-refractivity contribution in [2.45, 2.75) is 88.4 Å². The van der Waals surface area contributed by atoms with E-state index in [4.69, 9.17) is 30.1 Å². The summed E-state index contributed by atoms with van der Waals surface area (Å²) in [6.07, 6.45) is 4.72. The summed E-state index contributed by atoms with van der Waals surface area (Å²) in [5.74, 6) is -0.423. The summed E-state index contributed by atoms with van der Waals surface area (Å²) in [6.45, 7) is 6.47. The molecule has 0 saturated carbocycles. The number of carbonyl (C=O) groups is 1. The molecule has 14 heteroatoms. The van der Waals surface area contributed by atoms with Gasteiger partial charge in [-0.15, -0.1) is 0 Å². The second-order valence-electron chi connectivity index (χ2n) is 15.4. The van der Waals surface area contributed by atoms with Gasteiger partial charge in [-0.05, 0) is 82.4 Å². The minimum atomic E-state index is -1.24. The number of aliphatic hydroxyl groups is 1. The number of aromatic nitrogens is 2. The van der Waals surface area contributed by atoms with Crippen molar-refractivity contribution in [3.8, 4) is 22.8 Å². The second kappa shape index (κ2) is 12.1. The number of hydrogen-bond acceptors (Lipinski definition) is 14. The van der Waals surface area contributed by atoms with Crippen molar-refractivity contribution in [2.75, 3.05) is 18.0 Å². The van der Waals surface area contributed by atoms with Crippen molar-refractivity contribution in [3.05, 3.63) is 92.7 Å². The van der Waals surface area contributed by atoms with Gasteiger partial charge in [0.2, 0.25) is 0 Å². The van der Waals surface area contributed by atoms with Crippen LogP contribution >= 0.6 is 0 Å². The Morgan fingerprint density at radius 2 is 1.87 bits per heavy atom. The molecule has 4 aromatic rings. The van der Waals surface area contributed by atoms with Crippen LogP contribution in [-0.2, 0) is 27.2 Å². The highest BCUT2D eigenvalue weighted by atomic mass is 16.7. The minimum Gasteiger partial charge on any atom is -0.507 e. The van der Waals surface area contributed by atoms with E-state index in [-0.39, 0.29) is 40.9 Å². The van der Waals surface area contributed by atoms with Gasteiger partial charge in [-0.25, -0.2) is 14.8 Å². The van der Waals surface area contributed by atoms with Crippen LogP contribution in [0, 0.1) is 6.92 Å². The molecule has 1 aromatic carbocycles. The number of esters is 1. The number of nitrogen functional groups attached to an aromatic ring is 2. The third-order valence-corrected chi connectivity index (χ3v) is 11.1. The largest absolute Gasteiger partial charge is 0.507 e. The average molecular weight is 733 g/mol. The Morgan fingerprint density at radius 1 is 1.06 bits per heavy atom. The molecular formula is C40H40N6O8. The molecule has 5 aliphatic heterocycles. The molecule has 0 bridgehead atoms. The Hall–Kier alpha value is -5.73. The lowest BCUT2D eigenvalue weighted by Gasteiger charge is -2.47. The first-order valence-corrected chi connectivity index (χ1v) is 18.1. The Balaban J connectivity index is 0.925. The number of carbonyl (C=O) groups excluding carboxylic acids is 1. The molecule has 0 unspecified atom stereocenters. The average Bonchev–Trinajstić information content (AvgIpc) is 3.43. The van der Waals surface area contributed by atoms with Crippen LogP contribution in [0.4, 0.5) is 11.6 Å². The Labute approximate surface area is 309 Å². The van der Waals surface area contributed by atoms with Crippen molar-refractivity contribution < 1.29 is 33.6 Å². The second-order valence-corrected chi connectivity index (χ2v) is 15.4. The van der Waals surface area contributed by atoms with Crippen LogP contribution in [0.1, 0.15) is 61.6 Å². The molecule has 14 nitrogen and oxygen atoms in total. The van der Waals surface area contributed by atoms with Gasteiger partial charge in [-0.2, -0.15) is 0 Å².